The second-order valence-electron chi connectivity index (χ2n) is 6.34. The Kier molecular flexibility index (Phi) is 7.00. The normalized spacial score (nSPS) is 29.2. The molecule has 4 nitrogen and oxygen atoms in total. The zero-order valence-corrected chi connectivity index (χ0v) is 14.0. The molecule has 2 unspecified atom stereocenters. The lowest BCUT2D eigenvalue weighted by molar-refractivity contribution is 0.00209. The summed E-state index contributed by atoms with van der Waals surface area (Å²) in [4.78, 5) is 2.50. The Morgan fingerprint density at radius 1 is 1.24 bits per heavy atom. The molecule has 122 valence electrons. The van der Waals surface area contributed by atoms with Crippen LogP contribution in [-0.4, -0.2) is 42.9 Å². The van der Waals surface area contributed by atoms with Crippen molar-refractivity contribution in [2.45, 2.75) is 70.6 Å². The van der Waals surface area contributed by atoms with Gasteiger partial charge in [0.25, 0.3) is 0 Å². The number of allylic oxidation sites excluding steroid dienone is 1. The molecular weight excluding hydrogens is 260 g/mol. The lowest BCUT2D eigenvalue weighted by atomic mass is 10.00. The zero-order chi connectivity index (χ0) is 15.0. The summed E-state index contributed by atoms with van der Waals surface area (Å²) < 4.78 is 0. The monoisotopic (exact) mass is 294 g/mol. The molecule has 0 aromatic rings. The number of rotatable bonds is 8. The maximum Gasteiger partial charge on any atom is 0.161 e. The van der Waals surface area contributed by atoms with Crippen molar-refractivity contribution < 1.29 is 0 Å². The second-order valence-corrected chi connectivity index (χ2v) is 6.34. The van der Waals surface area contributed by atoms with Gasteiger partial charge < -0.3 is 10.2 Å². The van der Waals surface area contributed by atoms with Gasteiger partial charge in [-0.15, -0.1) is 0 Å². The van der Waals surface area contributed by atoms with Gasteiger partial charge in [-0.1, -0.05) is 32.8 Å². The van der Waals surface area contributed by atoms with Crippen molar-refractivity contribution >= 4 is 0 Å². The van der Waals surface area contributed by atoms with Crippen LogP contribution in [0.15, 0.2) is 12.3 Å². The van der Waals surface area contributed by atoms with Gasteiger partial charge >= 0.3 is 0 Å². The molecule has 2 heterocycles. The summed E-state index contributed by atoms with van der Waals surface area (Å²) in [5.74, 6) is -0.0891. The topological polar surface area (TPSA) is 39.3 Å². The third-order valence-electron chi connectivity index (χ3n) is 4.68. The van der Waals surface area contributed by atoms with Crippen LogP contribution in [0, 0.1) is 0 Å². The molecule has 2 rings (SSSR count). The third kappa shape index (κ3) is 4.21. The molecule has 21 heavy (non-hydrogen) atoms. The molecule has 0 saturated carbocycles. The molecule has 0 aromatic carbocycles. The number of fused-ring (bicyclic) bond motifs is 1. The Morgan fingerprint density at radius 2 is 2.05 bits per heavy atom. The van der Waals surface area contributed by atoms with Crippen molar-refractivity contribution in [3.05, 3.63) is 12.3 Å². The van der Waals surface area contributed by atoms with E-state index in [9.17, 15) is 0 Å². The van der Waals surface area contributed by atoms with E-state index >= 15 is 0 Å². The predicted molar refractivity (Wildman–Crippen MR) is 90.0 cm³/mol. The summed E-state index contributed by atoms with van der Waals surface area (Å²) in [5.41, 5.74) is 0. The molecule has 0 amide bonds. The Labute approximate surface area is 130 Å². The van der Waals surface area contributed by atoms with E-state index in [2.05, 4.69) is 47.0 Å². The van der Waals surface area contributed by atoms with Crippen LogP contribution >= 0.6 is 0 Å². The fourth-order valence-electron chi connectivity index (χ4n) is 3.44. The highest BCUT2D eigenvalue weighted by atomic mass is 15.5. The van der Waals surface area contributed by atoms with Gasteiger partial charge in [0, 0.05) is 13.1 Å². The first-order chi connectivity index (χ1) is 10.3. The Morgan fingerprint density at radius 3 is 2.86 bits per heavy atom. The average molecular weight is 294 g/mol. The van der Waals surface area contributed by atoms with Crippen LogP contribution in [-0.2, 0) is 0 Å². The van der Waals surface area contributed by atoms with Crippen molar-refractivity contribution in [1.82, 2.24) is 20.9 Å². The second kappa shape index (κ2) is 8.76. The predicted octanol–water partition coefficient (Wildman–Crippen LogP) is 2.39. The number of nitrogens with one attached hydrogen (secondary N) is 3. The van der Waals surface area contributed by atoms with Crippen molar-refractivity contribution in [2.24, 2.45) is 0 Å². The van der Waals surface area contributed by atoms with Crippen LogP contribution in [0.3, 0.4) is 0 Å². The minimum atomic E-state index is -0.0891. The smallest absolute Gasteiger partial charge is 0.161 e. The summed E-state index contributed by atoms with van der Waals surface area (Å²) in [6, 6.07) is 0.469. The molecule has 0 aromatic heterocycles. The van der Waals surface area contributed by atoms with E-state index in [1.54, 1.807) is 0 Å². The molecule has 2 aliphatic rings. The summed E-state index contributed by atoms with van der Waals surface area (Å²) in [6.45, 7) is 8.98. The van der Waals surface area contributed by atoms with Gasteiger partial charge in [-0.05, 0) is 51.4 Å². The lowest BCUT2D eigenvalue weighted by Gasteiger charge is -2.52. The molecule has 0 radical (unpaired) electrons. The van der Waals surface area contributed by atoms with E-state index in [1.807, 2.05) is 0 Å². The molecular formula is C17H34N4. The van der Waals surface area contributed by atoms with Crippen molar-refractivity contribution in [1.29, 1.82) is 0 Å². The number of hydrogen-bond donors (Lipinski definition) is 3. The number of unbranched alkanes of at least 4 members (excludes halogenated alkanes) is 2. The highest BCUT2D eigenvalue weighted by molar-refractivity contribution is 5.06. The minimum absolute atomic E-state index is 0.0891. The fraction of sp³-hybridized carbons (Fsp3) is 0.882. The Hall–Kier alpha value is -0.580. The van der Waals surface area contributed by atoms with Gasteiger partial charge in [-0.3, -0.25) is 10.6 Å². The van der Waals surface area contributed by atoms with Crippen LogP contribution < -0.4 is 16.0 Å². The molecule has 0 aliphatic carbocycles. The van der Waals surface area contributed by atoms with Crippen LogP contribution in [0.5, 0.6) is 0 Å². The van der Waals surface area contributed by atoms with E-state index in [4.69, 9.17) is 0 Å². The zero-order valence-electron chi connectivity index (χ0n) is 14.0. The van der Waals surface area contributed by atoms with Gasteiger partial charge in [0.15, 0.2) is 5.79 Å². The van der Waals surface area contributed by atoms with Crippen LogP contribution in [0.1, 0.15) is 58.8 Å². The molecule has 4 heteroatoms. The molecule has 2 atom stereocenters. The fourth-order valence-corrected chi connectivity index (χ4v) is 3.44. The summed E-state index contributed by atoms with van der Waals surface area (Å²) in [6.07, 6.45) is 13.2. The van der Waals surface area contributed by atoms with Crippen molar-refractivity contribution in [2.75, 3.05) is 26.2 Å². The minimum Gasteiger partial charge on any atom is -0.346 e. The molecule has 2 aliphatic heterocycles. The Bertz CT molecular complexity index is 318. The average Bonchev–Trinajstić information content (AvgIpc) is 2.68. The summed E-state index contributed by atoms with van der Waals surface area (Å²) >= 11 is 0. The summed E-state index contributed by atoms with van der Waals surface area (Å²) in [7, 11) is 0. The maximum atomic E-state index is 3.86. The first kappa shape index (κ1) is 16.8. The van der Waals surface area contributed by atoms with Gasteiger partial charge in [0.2, 0.25) is 0 Å². The first-order valence-corrected chi connectivity index (χ1v) is 9.00. The maximum absolute atomic E-state index is 3.86. The van der Waals surface area contributed by atoms with E-state index in [0.29, 0.717) is 6.04 Å². The first-order valence-electron chi connectivity index (χ1n) is 9.00. The van der Waals surface area contributed by atoms with Crippen LogP contribution in [0.25, 0.3) is 0 Å². The quantitative estimate of drug-likeness (QED) is 0.601. The van der Waals surface area contributed by atoms with E-state index in [-0.39, 0.29) is 5.79 Å². The highest BCUT2D eigenvalue weighted by Crippen LogP contribution is 2.25. The van der Waals surface area contributed by atoms with E-state index in [0.717, 1.165) is 26.2 Å². The van der Waals surface area contributed by atoms with Gasteiger partial charge in [-0.2, -0.15) is 0 Å². The van der Waals surface area contributed by atoms with E-state index < -0.39 is 0 Å². The Balaban J connectivity index is 2.09. The van der Waals surface area contributed by atoms with Gasteiger partial charge in [0.05, 0.1) is 6.04 Å². The molecule has 1 fully saturated rings. The standard InChI is InChI=1S/C17H34N4/c1-3-5-11-18-16-10-7-8-14-21-15-9-13-20-17(16,21)19-12-6-4-2/h8,14,16,18-20H,3-7,9-13,15H2,1-2H3. The molecule has 0 bridgehead atoms. The molecule has 0 spiro atoms. The SMILES string of the molecule is CCCCNC1CCC=CN2CCCNC12NCCCC. The largest absolute Gasteiger partial charge is 0.346 e. The number of nitrogens with zero attached hydrogens (tertiary/aromatic N) is 1. The highest BCUT2D eigenvalue weighted by Gasteiger charge is 2.44. The van der Waals surface area contributed by atoms with Gasteiger partial charge in [-0.25, -0.2) is 0 Å². The van der Waals surface area contributed by atoms with Crippen LogP contribution in [0.2, 0.25) is 0 Å². The van der Waals surface area contributed by atoms with Crippen molar-refractivity contribution in [3.63, 3.8) is 0 Å². The van der Waals surface area contributed by atoms with Crippen molar-refractivity contribution in [3.8, 4) is 0 Å². The third-order valence-corrected chi connectivity index (χ3v) is 4.68. The number of hydrogen-bond acceptors (Lipinski definition) is 4. The molecule has 1 saturated heterocycles. The summed E-state index contributed by atoms with van der Waals surface area (Å²) in [5, 5.41) is 11.5. The van der Waals surface area contributed by atoms with E-state index in [1.165, 1.54) is 44.9 Å². The lowest BCUT2D eigenvalue weighted by Crippen LogP contribution is -2.77. The van der Waals surface area contributed by atoms with Crippen LogP contribution in [0.4, 0.5) is 0 Å². The van der Waals surface area contributed by atoms with Gasteiger partial charge in [0.1, 0.15) is 0 Å². The molecule has 3 N–H and O–H groups in total.